The largest absolute Gasteiger partial charge is 0.389 e. The van der Waals surface area contributed by atoms with Gasteiger partial charge in [0.2, 0.25) is 0 Å². The lowest BCUT2D eigenvalue weighted by Crippen LogP contribution is -2.38. The van der Waals surface area contributed by atoms with Crippen LogP contribution in [0.15, 0.2) is 11.6 Å². The molecule has 5 nitrogen and oxygen atoms in total. The molecular formula is C12H20O5. The first kappa shape index (κ1) is 13.0. The molecule has 1 heterocycles. The van der Waals surface area contributed by atoms with Gasteiger partial charge in [0.25, 0.3) is 0 Å². The summed E-state index contributed by atoms with van der Waals surface area (Å²) in [6, 6.07) is 0. The number of aliphatic hydroxyl groups is 1. The second-order valence-electron chi connectivity index (χ2n) is 4.42. The van der Waals surface area contributed by atoms with Crippen LogP contribution in [0.4, 0.5) is 0 Å². The lowest BCUT2D eigenvalue weighted by atomic mass is 9.89. The summed E-state index contributed by atoms with van der Waals surface area (Å²) >= 11 is 0. The number of aliphatic hydroxyl groups excluding tert-OH is 1. The van der Waals surface area contributed by atoms with E-state index in [1.165, 1.54) is 0 Å². The molecule has 5 heteroatoms. The van der Waals surface area contributed by atoms with Gasteiger partial charge >= 0.3 is 0 Å². The Hall–Kier alpha value is -0.460. The molecule has 1 aliphatic heterocycles. The summed E-state index contributed by atoms with van der Waals surface area (Å²) in [4.78, 5) is 0. The summed E-state index contributed by atoms with van der Waals surface area (Å²) in [5.41, 5.74) is 0.934. The molecule has 2 aliphatic rings. The van der Waals surface area contributed by atoms with Crippen molar-refractivity contribution in [3.8, 4) is 0 Å². The highest BCUT2D eigenvalue weighted by Crippen LogP contribution is 2.36. The van der Waals surface area contributed by atoms with Crippen LogP contribution < -0.4 is 0 Å². The molecule has 17 heavy (non-hydrogen) atoms. The van der Waals surface area contributed by atoms with Gasteiger partial charge in [-0.2, -0.15) is 0 Å². The minimum Gasteiger partial charge on any atom is -0.389 e. The van der Waals surface area contributed by atoms with Crippen LogP contribution in [0.2, 0.25) is 0 Å². The van der Waals surface area contributed by atoms with Crippen LogP contribution >= 0.6 is 0 Å². The average molecular weight is 244 g/mol. The van der Waals surface area contributed by atoms with E-state index in [4.69, 9.17) is 18.9 Å². The van der Waals surface area contributed by atoms with Crippen LogP contribution in [0.5, 0.6) is 0 Å². The van der Waals surface area contributed by atoms with E-state index in [1.54, 1.807) is 14.2 Å². The van der Waals surface area contributed by atoms with Crippen molar-refractivity contribution in [2.45, 2.75) is 37.4 Å². The molecule has 1 spiro atoms. The lowest BCUT2D eigenvalue weighted by molar-refractivity contribution is -0.177. The van der Waals surface area contributed by atoms with Crippen molar-refractivity contribution in [2.75, 3.05) is 27.4 Å². The molecule has 1 aliphatic carbocycles. The summed E-state index contributed by atoms with van der Waals surface area (Å²) in [7, 11) is 3.18. The third kappa shape index (κ3) is 2.86. The molecular weight excluding hydrogens is 224 g/mol. The molecule has 1 saturated heterocycles. The van der Waals surface area contributed by atoms with Crippen molar-refractivity contribution in [3.05, 3.63) is 11.6 Å². The Bertz CT molecular complexity index is 279. The molecule has 0 aromatic carbocycles. The van der Waals surface area contributed by atoms with Crippen LogP contribution in [0.25, 0.3) is 0 Å². The average Bonchev–Trinajstić information content (AvgIpc) is 2.77. The Morgan fingerprint density at radius 3 is 2.59 bits per heavy atom. The first-order valence-electron chi connectivity index (χ1n) is 5.89. The second-order valence-corrected chi connectivity index (χ2v) is 4.42. The van der Waals surface area contributed by atoms with Crippen molar-refractivity contribution >= 4 is 0 Å². The number of ether oxygens (including phenoxy) is 4. The Labute approximate surface area is 101 Å². The van der Waals surface area contributed by atoms with Crippen molar-refractivity contribution in [2.24, 2.45) is 0 Å². The van der Waals surface area contributed by atoms with Crippen molar-refractivity contribution < 1.29 is 24.1 Å². The van der Waals surface area contributed by atoms with E-state index in [-0.39, 0.29) is 6.29 Å². The quantitative estimate of drug-likeness (QED) is 0.586. The molecule has 0 saturated carbocycles. The Morgan fingerprint density at radius 1 is 1.41 bits per heavy atom. The highest BCUT2D eigenvalue weighted by Gasteiger charge is 2.41. The minimum atomic E-state index is -0.599. The zero-order valence-corrected chi connectivity index (χ0v) is 10.3. The SMILES string of the molecule is COC(CC1=CCC2(CC1O)OCCO2)OC. The molecule has 98 valence electrons. The van der Waals surface area contributed by atoms with Gasteiger partial charge < -0.3 is 24.1 Å². The maximum Gasteiger partial charge on any atom is 0.174 e. The fraction of sp³-hybridized carbons (Fsp3) is 0.833. The number of rotatable bonds is 4. The summed E-state index contributed by atoms with van der Waals surface area (Å²) in [6.45, 7) is 1.21. The van der Waals surface area contributed by atoms with Gasteiger partial charge in [-0.15, -0.1) is 0 Å². The van der Waals surface area contributed by atoms with Crippen molar-refractivity contribution in [1.29, 1.82) is 0 Å². The highest BCUT2D eigenvalue weighted by atomic mass is 16.7. The molecule has 1 unspecified atom stereocenters. The molecule has 0 aromatic rings. The lowest BCUT2D eigenvalue weighted by Gasteiger charge is -2.34. The highest BCUT2D eigenvalue weighted by molar-refractivity contribution is 5.15. The molecule has 0 aromatic heterocycles. The monoisotopic (exact) mass is 244 g/mol. The molecule has 0 radical (unpaired) electrons. The topological polar surface area (TPSA) is 57.2 Å². The maximum absolute atomic E-state index is 10.1. The fourth-order valence-electron chi connectivity index (χ4n) is 2.34. The number of hydrogen-bond donors (Lipinski definition) is 1. The molecule has 1 N–H and O–H groups in total. The van der Waals surface area contributed by atoms with Crippen LogP contribution in [0.1, 0.15) is 19.3 Å². The van der Waals surface area contributed by atoms with Crippen LogP contribution in [-0.2, 0) is 18.9 Å². The standard InChI is InChI=1S/C12H20O5/c1-14-11(15-2)7-9-3-4-12(8-10(9)13)16-5-6-17-12/h3,10-11,13H,4-8H2,1-2H3. The molecule has 0 amide bonds. The van der Waals surface area contributed by atoms with Crippen molar-refractivity contribution in [3.63, 3.8) is 0 Å². The van der Waals surface area contributed by atoms with E-state index >= 15 is 0 Å². The van der Waals surface area contributed by atoms with Gasteiger partial charge in [0, 0.05) is 33.5 Å². The summed E-state index contributed by atoms with van der Waals surface area (Å²) in [5, 5.41) is 10.1. The van der Waals surface area contributed by atoms with Gasteiger partial charge in [-0.25, -0.2) is 0 Å². The first-order chi connectivity index (χ1) is 8.19. The van der Waals surface area contributed by atoms with E-state index in [2.05, 4.69) is 0 Å². The summed E-state index contributed by atoms with van der Waals surface area (Å²) < 4.78 is 21.4. The van der Waals surface area contributed by atoms with Gasteiger partial charge in [0.05, 0.1) is 19.3 Å². The fourth-order valence-corrected chi connectivity index (χ4v) is 2.34. The second kappa shape index (κ2) is 5.46. The third-order valence-electron chi connectivity index (χ3n) is 3.35. The Morgan fingerprint density at radius 2 is 2.06 bits per heavy atom. The van der Waals surface area contributed by atoms with Crippen LogP contribution in [0, 0.1) is 0 Å². The number of hydrogen-bond acceptors (Lipinski definition) is 5. The molecule has 1 fully saturated rings. The molecule has 2 rings (SSSR count). The predicted octanol–water partition coefficient (Wildman–Crippen LogP) is 0.820. The minimum absolute atomic E-state index is 0.310. The van der Waals surface area contributed by atoms with Crippen molar-refractivity contribution in [1.82, 2.24) is 0 Å². The first-order valence-corrected chi connectivity index (χ1v) is 5.89. The van der Waals surface area contributed by atoms with E-state index in [9.17, 15) is 5.11 Å². The van der Waals surface area contributed by atoms with E-state index in [0.717, 1.165) is 5.57 Å². The Kier molecular flexibility index (Phi) is 4.17. The smallest absolute Gasteiger partial charge is 0.174 e. The summed E-state index contributed by atoms with van der Waals surface area (Å²) in [6.07, 6.45) is 2.86. The third-order valence-corrected chi connectivity index (χ3v) is 3.35. The van der Waals surface area contributed by atoms with Gasteiger partial charge in [-0.1, -0.05) is 6.08 Å². The normalized spacial score (nSPS) is 27.8. The van der Waals surface area contributed by atoms with E-state index < -0.39 is 11.9 Å². The molecule has 1 atom stereocenters. The summed E-state index contributed by atoms with van der Waals surface area (Å²) in [5.74, 6) is -0.599. The Balaban J connectivity index is 1.98. The van der Waals surface area contributed by atoms with Gasteiger partial charge in [0.15, 0.2) is 12.1 Å². The van der Waals surface area contributed by atoms with Gasteiger partial charge in [0.1, 0.15) is 0 Å². The van der Waals surface area contributed by atoms with E-state index in [0.29, 0.717) is 32.5 Å². The zero-order chi connectivity index (χ0) is 12.3. The van der Waals surface area contributed by atoms with Crippen LogP contribution in [0.3, 0.4) is 0 Å². The molecule has 0 bridgehead atoms. The van der Waals surface area contributed by atoms with Crippen LogP contribution in [-0.4, -0.2) is 50.7 Å². The zero-order valence-electron chi connectivity index (χ0n) is 10.3. The van der Waals surface area contributed by atoms with Gasteiger partial charge in [-0.3, -0.25) is 0 Å². The van der Waals surface area contributed by atoms with E-state index in [1.807, 2.05) is 6.08 Å². The maximum atomic E-state index is 10.1. The number of methoxy groups -OCH3 is 2. The predicted molar refractivity (Wildman–Crippen MR) is 60.4 cm³/mol. The van der Waals surface area contributed by atoms with Gasteiger partial charge in [-0.05, 0) is 5.57 Å².